The van der Waals surface area contributed by atoms with Crippen molar-refractivity contribution < 1.29 is 9.90 Å². The molecule has 1 amide bonds. The molecule has 1 fully saturated rings. The molecular weight excluding hydrogens is 376 g/mol. The van der Waals surface area contributed by atoms with Gasteiger partial charge in [0.2, 0.25) is 0 Å². The molecule has 2 aliphatic rings. The van der Waals surface area contributed by atoms with Gasteiger partial charge in [0, 0.05) is 43.8 Å². The third-order valence-electron chi connectivity index (χ3n) is 4.40. The first kappa shape index (κ1) is 19.0. The number of carbonyl (C=O) groups excluding carboxylic acids is 1. The zero-order valence-corrected chi connectivity index (χ0v) is 15.6. The van der Waals surface area contributed by atoms with Gasteiger partial charge >= 0.3 is 0 Å². The maximum Gasteiger partial charge on any atom is 0.259 e. The molecule has 0 radical (unpaired) electrons. The number of rotatable bonds is 4. The predicted octanol–water partition coefficient (Wildman–Crippen LogP) is 0.613. The molecular formula is C16H21ClN6O2S. The summed E-state index contributed by atoms with van der Waals surface area (Å²) >= 11 is 1.55. The van der Waals surface area contributed by atoms with Crippen LogP contribution in [0, 0.1) is 0 Å². The fourth-order valence-electron chi connectivity index (χ4n) is 3.13. The Morgan fingerprint density at radius 1 is 1.46 bits per heavy atom. The SMILES string of the molecule is Cl.O=C(NC[C@@H]1C[C@H](O)CN1)C1=CN(c2ncnc3[nH]ccc23)CCS1. The number of carbonyl (C=O) groups is 1. The van der Waals surface area contributed by atoms with E-state index in [4.69, 9.17) is 0 Å². The number of hydrogen-bond acceptors (Lipinski definition) is 7. The van der Waals surface area contributed by atoms with E-state index in [0.29, 0.717) is 24.4 Å². The van der Waals surface area contributed by atoms with Crippen LogP contribution in [0.15, 0.2) is 29.7 Å². The van der Waals surface area contributed by atoms with Crippen molar-refractivity contribution in [2.24, 2.45) is 0 Å². The molecule has 4 N–H and O–H groups in total. The number of amides is 1. The Kier molecular flexibility index (Phi) is 6.02. The highest BCUT2D eigenvalue weighted by Gasteiger charge is 2.24. The number of H-pyrrole nitrogens is 1. The van der Waals surface area contributed by atoms with Crippen LogP contribution in [0.4, 0.5) is 5.82 Å². The lowest BCUT2D eigenvalue weighted by atomic mass is 10.2. The molecule has 10 heteroatoms. The zero-order chi connectivity index (χ0) is 17.2. The Morgan fingerprint density at radius 3 is 3.15 bits per heavy atom. The molecule has 140 valence electrons. The summed E-state index contributed by atoms with van der Waals surface area (Å²) in [5.41, 5.74) is 0.786. The second kappa shape index (κ2) is 8.26. The molecule has 2 aliphatic heterocycles. The minimum Gasteiger partial charge on any atom is -0.392 e. The van der Waals surface area contributed by atoms with Crippen LogP contribution in [0.1, 0.15) is 6.42 Å². The first-order chi connectivity index (χ1) is 12.2. The third-order valence-corrected chi connectivity index (χ3v) is 5.39. The maximum atomic E-state index is 12.5. The first-order valence-corrected chi connectivity index (χ1v) is 9.28. The number of aliphatic hydroxyl groups is 1. The molecule has 2 aromatic heterocycles. The molecule has 26 heavy (non-hydrogen) atoms. The number of thioether (sulfide) groups is 1. The molecule has 0 aromatic carbocycles. The van der Waals surface area contributed by atoms with E-state index >= 15 is 0 Å². The van der Waals surface area contributed by atoms with Crippen LogP contribution in [-0.4, -0.2) is 63.5 Å². The van der Waals surface area contributed by atoms with Crippen LogP contribution in [0.3, 0.4) is 0 Å². The lowest BCUT2D eigenvalue weighted by Crippen LogP contribution is -2.38. The van der Waals surface area contributed by atoms with Gasteiger partial charge in [-0.05, 0) is 12.5 Å². The molecule has 8 nitrogen and oxygen atoms in total. The van der Waals surface area contributed by atoms with Crippen molar-refractivity contribution in [2.75, 3.05) is 30.3 Å². The molecule has 0 saturated carbocycles. The number of anilines is 1. The van der Waals surface area contributed by atoms with Gasteiger partial charge in [0.05, 0.1) is 16.4 Å². The van der Waals surface area contributed by atoms with Crippen molar-refractivity contribution in [1.82, 2.24) is 25.6 Å². The summed E-state index contributed by atoms with van der Waals surface area (Å²) in [5, 5.41) is 16.6. The van der Waals surface area contributed by atoms with Crippen LogP contribution < -0.4 is 15.5 Å². The monoisotopic (exact) mass is 396 g/mol. The van der Waals surface area contributed by atoms with Crippen molar-refractivity contribution >= 4 is 46.9 Å². The normalized spacial score (nSPS) is 22.8. The van der Waals surface area contributed by atoms with Crippen LogP contribution in [0.2, 0.25) is 0 Å². The Morgan fingerprint density at radius 2 is 2.35 bits per heavy atom. The average molecular weight is 397 g/mol. The lowest BCUT2D eigenvalue weighted by Gasteiger charge is -2.25. The summed E-state index contributed by atoms with van der Waals surface area (Å²) in [7, 11) is 0. The smallest absolute Gasteiger partial charge is 0.259 e. The highest BCUT2D eigenvalue weighted by atomic mass is 35.5. The van der Waals surface area contributed by atoms with E-state index in [1.165, 1.54) is 6.33 Å². The minimum atomic E-state index is -0.317. The molecule has 0 aliphatic carbocycles. The molecule has 4 heterocycles. The summed E-state index contributed by atoms with van der Waals surface area (Å²) in [4.78, 5) is 26.8. The summed E-state index contributed by atoms with van der Waals surface area (Å²) in [6.07, 6.45) is 5.57. The van der Waals surface area contributed by atoms with Crippen LogP contribution in [0.5, 0.6) is 0 Å². The summed E-state index contributed by atoms with van der Waals surface area (Å²) in [6, 6.07) is 2.07. The van der Waals surface area contributed by atoms with Gasteiger partial charge in [-0.3, -0.25) is 4.79 Å². The van der Waals surface area contributed by atoms with E-state index in [0.717, 1.165) is 29.1 Å². The fourth-order valence-corrected chi connectivity index (χ4v) is 4.05. The third kappa shape index (κ3) is 3.96. The molecule has 4 rings (SSSR count). The molecule has 1 saturated heterocycles. The van der Waals surface area contributed by atoms with E-state index in [1.807, 2.05) is 23.4 Å². The Hall–Kier alpha value is -1.81. The molecule has 0 unspecified atom stereocenters. The van der Waals surface area contributed by atoms with E-state index in [-0.39, 0.29) is 30.5 Å². The van der Waals surface area contributed by atoms with Gasteiger partial charge in [0.25, 0.3) is 5.91 Å². The van der Waals surface area contributed by atoms with Gasteiger partial charge in [-0.15, -0.1) is 24.2 Å². The number of halogens is 1. The number of fused-ring (bicyclic) bond motifs is 1. The second-order valence-corrected chi connectivity index (χ2v) is 7.31. The van der Waals surface area contributed by atoms with Gasteiger partial charge in [-0.2, -0.15) is 0 Å². The number of hydrogen-bond donors (Lipinski definition) is 4. The van der Waals surface area contributed by atoms with Crippen molar-refractivity contribution in [3.05, 3.63) is 29.7 Å². The molecule has 0 bridgehead atoms. The topological polar surface area (TPSA) is 106 Å². The number of aromatic amines is 1. The standard InChI is InChI=1S/C16H20N6O2S.ClH/c23-11-5-10(18-7-11)6-19-16(24)13-8-22(3-4-25-13)15-12-1-2-17-14(12)20-9-21-15;/h1-2,8-11,18,23H,3-7H2,(H,19,24)(H,17,20,21);1H/t10-,11-;/m0./s1. The van der Waals surface area contributed by atoms with E-state index < -0.39 is 0 Å². The van der Waals surface area contributed by atoms with Crippen molar-refractivity contribution in [2.45, 2.75) is 18.6 Å². The number of β-amino-alcohol motifs (C(OH)–C–C–N with tert-alkyl or cyclic N) is 1. The van der Waals surface area contributed by atoms with Crippen LogP contribution in [-0.2, 0) is 4.79 Å². The molecule has 2 atom stereocenters. The van der Waals surface area contributed by atoms with Crippen LogP contribution >= 0.6 is 24.2 Å². The van der Waals surface area contributed by atoms with E-state index in [9.17, 15) is 9.90 Å². The Balaban J connectivity index is 0.00000196. The van der Waals surface area contributed by atoms with Gasteiger partial charge in [0.15, 0.2) is 0 Å². The van der Waals surface area contributed by atoms with Crippen molar-refractivity contribution in [3.8, 4) is 0 Å². The molecule has 0 spiro atoms. The second-order valence-electron chi connectivity index (χ2n) is 6.18. The zero-order valence-electron chi connectivity index (χ0n) is 14.0. The van der Waals surface area contributed by atoms with E-state index in [1.54, 1.807) is 11.8 Å². The minimum absolute atomic E-state index is 0. The highest BCUT2D eigenvalue weighted by molar-refractivity contribution is 8.04. The first-order valence-electron chi connectivity index (χ1n) is 8.29. The van der Waals surface area contributed by atoms with Gasteiger partial charge in [-0.1, -0.05) is 0 Å². The Labute approximate surface area is 161 Å². The fraction of sp³-hybridized carbons (Fsp3) is 0.438. The summed E-state index contributed by atoms with van der Waals surface area (Å²) in [5.74, 6) is 1.53. The maximum absolute atomic E-state index is 12.5. The Bertz CT molecular complexity index is 813. The number of aliphatic hydroxyl groups excluding tert-OH is 1. The van der Waals surface area contributed by atoms with Crippen molar-refractivity contribution in [1.29, 1.82) is 0 Å². The highest BCUT2D eigenvalue weighted by Crippen LogP contribution is 2.28. The van der Waals surface area contributed by atoms with Crippen molar-refractivity contribution in [3.63, 3.8) is 0 Å². The van der Waals surface area contributed by atoms with Gasteiger partial charge in [0.1, 0.15) is 17.8 Å². The summed E-state index contributed by atoms with van der Waals surface area (Å²) in [6.45, 7) is 1.89. The van der Waals surface area contributed by atoms with E-state index in [2.05, 4.69) is 25.6 Å². The quantitative estimate of drug-likeness (QED) is 0.600. The number of aromatic nitrogens is 3. The predicted molar refractivity (Wildman–Crippen MR) is 104 cm³/mol. The number of nitrogens with one attached hydrogen (secondary N) is 3. The summed E-state index contributed by atoms with van der Waals surface area (Å²) < 4.78 is 0. The van der Waals surface area contributed by atoms with Crippen LogP contribution in [0.25, 0.3) is 11.0 Å². The molecule has 2 aromatic rings. The number of nitrogens with zero attached hydrogens (tertiary/aromatic N) is 3. The average Bonchev–Trinajstić information content (AvgIpc) is 3.28. The van der Waals surface area contributed by atoms with Gasteiger partial charge in [-0.25, -0.2) is 9.97 Å². The lowest BCUT2D eigenvalue weighted by molar-refractivity contribution is -0.116. The largest absolute Gasteiger partial charge is 0.392 e. The van der Waals surface area contributed by atoms with Gasteiger partial charge < -0.3 is 25.6 Å².